The number of benzene rings is 1. The van der Waals surface area contributed by atoms with E-state index in [1.165, 1.54) is 0 Å². The van der Waals surface area contributed by atoms with Gasteiger partial charge in [-0.2, -0.15) is 13.2 Å². The maximum atomic E-state index is 13.2. The molecule has 38 heavy (non-hydrogen) atoms. The first-order valence-corrected chi connectivity index (χ1v) is 18.0. The Morgan fingerprint density at radius 1 is 1.24 bits per heavy atom. The lowest BCUT2D eigenvalue weighted by Crippen LogP contribution is -2.40. The van der Waals surface area contributed by atoms with Gasteiger partial charge in [-0.1, -0.05) is 25.7 Å². The number of ether oxygens (including phenoxy) is 2. The highest BCUT2D eigenvalue weighted by Crippen LogP contribution is 2.40. The molecule has 3 rings (SSSR count). The summed E-state index contributed by atoms with van der Waals surface area (Å²) >= 11 is 0. The van der Waals surface area contributed by atoms with Crippen molar-refractivity contribution < 1.29 is 26.9 Å². The van der Waals surface area contributed by atoms with Gasteiger partial charge in [-0.05, 0) is 70.2 Å². The van der Waals surface area contributed by atoms with Crippen LogP contribution in [0.3, 0.4) is 0 Å². The Balaban J connectivity index is 2.00. The summed E-state index contributed by atoms with van der Waals surface area (Å²) in [5, 5.41) is 0. The molecule has 12 heteroatoms. The molecule has 0 aliphatic heterocycles. The largest absolute Gasteiger partial charge is 0.414 e. The fourth-order valence-electron chi connectivity index (χ4n) is 3.83. The van der Waals surface area contributed by atoms with Crippen LogP contribution in [0.5, 0.6) is 0 Å². The van der Waals surface area contributed by atoms with Crippen LogP contribution in [-0.2, 0) is 27.2 Å². The summed E-state index contributed by atoms with van der Waals surface area (Å²) in [6.07, 6.45) is -4.29. The van der Waals surface area contributed by atoms with Gasteiger partial charge in [-0.15, -0.1) is 0 Å². The van der Waals surface area contributed by atoms with Gasteiger partial charge in [0, 0.05) is 20.7 Å². The van der Waals surface area contributed by atoms with Crippen molar-refractivity contribution in [2.75, 3.05) is 13.2 Å². The maximum absolute atomic E-state index is 13.2. The molecule has 0 radical (unpaired) electrons. The average Bonchev–Trinajstić information content (AvgIpc) is 3.58. The van der Waals surface area contributed by atoms with E-state index in [1.54, 1.807) is 20.8 Å². The van der Waals surface area contributed by atoms with Crippen molar-refractivity contribution in [1.82, 2.24) is 14.3 Å². The van der Waals surface area contributed by atoms with Gasteiger partial charge in [0.15, 0.2) is 6.10 Å². The summed E-state index contributed by atoms with van der Waals surface area (Å²) in [6.45, 7) is 13.5. The van der Waals surface area contributed by atoms with Crippen molar-refractivity contribution in [3.05, 3.63) is 29.6 Å². The summed E-state index contributed by atoms with van der Waals surface area (Å²) in [5.74, 6) is 0.870. The first kappa shape index (κ1) is 31.2. The third-order valence-electron chi connectivity index (χ3n) is 6.62. The molecule has 1 saturated carbocycles. The maximum Gasteiger partial charge on any atom is 0.414 e. The average molecular weight is 577 g/mol. The van der Waals surface area contributed by atoms with Crippen LogP contribution >= 0.6 is 0 Å². The molecule has 1 aliphatic carbocycles. The highest BCUT2D eigenvalue weighted by atomic mass is 32.2. The van der Waals surface area contributed by atoms with Crippen molar-refractivity contribution >= 4 is 30.1 Å². The molecule has 1 heterocycles. The number of alkyl halides is 3. The Labute approximate surface area is 227 Å². The van der Waals surface area contributed by atoms with Gasteiger partial charge in [-0.25, -0.2) is 13.9 Å². The van der Waals surface area contributed by atoms with Gasteiger partial charge < -0.3 is 19.8 Å². The van der Waals surface area contributed by atoms with Crippen molar-refractivity contribution in [3.63, 3.8) is 0 Å². The van der Waals surface area contributed by atoms with Crippen LogP contribution in [-0.4, -0.2) is 52.1 Å². The molecule has 1 unspecified atom stereocenters. The second kappa shape index (κ2) is 12.1. The van der Waals surface area contributed by atoms with E-state index < -0.39 is 42.1 Å². The second-order valence-corrected chi connectivity index (χ2v) is 20.0. The van der Waals surface area contributed by atoms with Crippen LogP contribution in [0.4, 0.5) is 13.2 Å². The van der Waals surface area contributed by atoms with E-state index in [4.69, 9.17) is 20.2 Å². The number of nitrogens with two attached hydrogens (primary N) is 1. The second-order valence-electron chi connectivity index (χ2n) is 12.4. The molecule has 1 aromatic carbocycles. The number of hydrogen-bond acceptors (Lipinski definition) is 5. The van der Waals surface area contributed by atoms with Gasteiger partial charge in [0.05, 0.1) is 33.4 Å². The van der Waals surface area contributed by atoms with Gasteiger partial charge in [0.2, 0.25) is 0 Å². The van der Waals surface area contributed by atoms with Crippen LogP contribution in [0, 0.1) is 5.92 Å². The molecule has 1 fully saturated rings. The number of aromatic nitrogens is 2. The quantitative estimate of drug-likeness (QED) is 0.232. The Hall–Kier alpha value is -1.31. The molecule has 1 aliphatic rings. The zero-order valence-corrected chi connectivity index (χ0v) is 25.3. The SMILES string of the molecule is CC(OC[C@H](N[S@](=O)C(C)(C)C)c1nc2ccc([C@H](N)C3CC3)cc2n1COCC[Si](C)(C)C)C(F)(F)F. The molecule has 0 saturated heterocycles. The number of rotatable bonds is 13. The Morgan fingerprint density at radius 2 is 1.89 bits per heavy atom. The number of imidazole rings is 1. The molecular weight excluding hydrogens is 533 g/mol. The van der Waals surface area contributed by atoms with E-state index >= 15 is 0 Å². The van der Waals surface area contributed by atoms with Crippen molar-refractivity contribution in [2.45, 2.75) is 102 Å². The number of hydrogen-bond donors (Lipinski definition) is 2. The molecule has 0 spiro atoms. The minimum Gasteiger partial charge on any atom is -0.367 e. The van der Waals surface area contributed by atoms with E-state index in [1.807, 2.05) is 22.8 Å². The number of halogens is 3. The monoisotopic (exact) mass is 576 g/mol. The fourth-order valence-corrected chi connectivity index (χ4v) is 5.37. The minimum absolute atomic E-state index is 0.0858. The molecule has 1 aromatic heterocycles. The summed E-state index contributed by atoms with van der Waals surface area (Å²) < 4.78 is 68.2. The normalized spacial score (nSPS) is 18.5. The predicted octanol–water partition coefficient (Wildman–Crippen LogP) is 5.82. The van der Waals surface area contributed by atoms with Gasteiger partial charge in [-0.3, -0.25) is 0 Å². The van der Waals surface area contributed by atoms with E-state index in [2.05, 4.69) is 24.4 Å². The lowest BCUT2D eigenvalue weighted by Gasteiger charge is -2.26. The number of nitrogens with zero attached hydrogens (tertiary/aromatic N) is 2. The zero-order valence-electron chi connectivity index (χ0n) is 23.5. The molecule has 2 aromatic rings. The smallest absolute Gasteiger partial charge is 0.367 e. The van der Waals surface area contributed by atoms with Crippen LogP contribution < -0.4 is 10.5 Å². The standard InChI is InChI=1S/C26H43F3N4O3SSi/c1-17(26(27,28)29)36-15-21(32-37(34)25(2,3)4)24-31-20-11-10-19(23(30)18-8-9-18)14-22(20)33(24)16-35-12-13-38(5,6)7/h10-11,14,17-18,21,23,32H,8-9,12-13,15-16,30H2,1-7H3/t17?,21-,23+,37+/m0/s1. The topological polar surface area (TPSA) is 91.4 Å². The van der Waals surface area contributed by atoms with Gasteiger partial charge in [0.1, 0.15) is 18.6 Å². The third kappa shape index (κ3) is 8.59. The highest BCUT2D eigenvalue weighted by Gasteiger charge is 2.38. The molecular formula is C26H43F3N4O3SSi. The van der Waals surface area contributed by atoms with Gasteiger partial charge >= 0.3 is 6.18 Å². The predicted molar refractivity (Wildman–Crippen MR) is 149 cm³/mol. The van der Waals surface area contributed by atoms with Crippen LogP contribution in [0.15, 0.2) is 18.2 Å². The zero-order chi connectivity index (χ0) is 28.5. The summed E-state index contributed by atoms with van der Waals surface area (Å²) in [5.41, 5.74) is 8.90. The van der Waals surface area contributed by atoms with Crippen LogP contribution in [0.2, 0.25) is 25.7 Å². The lowest BCUT2D eigenvalue weighted by molar-refractivity contribution is -0.215. The number of nitrogens with one attached hydrogen (secondary N) is 1. The fraction of sp³-hybridized carbons (Fsp3) is 0.731. The first-order chi connectivity index (χ1) is 17.5. The Morgan fingerprint density at radius 3 is 2.45 bits per heavy atom. The molecule has 0 bridgehead atoms. The van der Waals surface area contributed by atoms with Crippen molar-refractivity contribution in [2.24, 2.45) is 11.7 Å². The molecule has 7 nitrogen and oxygen atoms in total. The van der Waals surface area contributed by atoms with E-state index in [9.17, 15) is 17.4 Å². The van der Waals surface area contributed by atoms with Crippen molar-refractivity contribution in [3.8, 4) is 0 Å². The molecule has 3 N–H and O–H groups in total. The van der Waals surface area contributed by atoms with Crippen LogP contribution in [0.25, 0.3) is 11.0 Å². The minimum atomic E-state index is -4.51. The summed E-state index contributed by atoms with van der Waals surface area (Å²) in [6, 6.07) is 5.84. The Kier molecular flexibility index (Phi) is 9.90. The van der Waals surface area contributed by atoms with Gasteiger partial charge in [0.25, 0.3) is 0 Å². The molecule has 4 atom stereocenters. The van der Waals surface area contributed by atoms with E-state index in [-0.39, 0.29) is 19.4 Å². The van der Waals surface area contributed by atoms with E-state index in [0.29, 0.717) is 23.9 Å². The molecule has 0 amide bonds. The number of fused-ring (bicyclic) bond motifs is 1. The van der Waals surface area contributed by atoms with E-state index in [0.717, 1.165) is 36.9 Å². The highest BCUT2D eigenvalue weighted by molar-refractivity contribution is 7.84. The van der Waals surface area contributed by atoms with Crippen molar-refractivity contribution in [1.29, 1.82) is 0 Å². The molecule has 216 valence electrons. The summed E-state index contributed by atoms with van der Waals surface area (Å²) in [4.78, 5) is 4.77. The lowest BCUT2D eigenvalue weighted by atomic mass is 10.0. The van der Waals surface area contributed by atoms with Crippen LogP contribution in [0.1, 0.15) is 64.0 Å². The third-order valence-corrected chi connectivity index (χ3v) is 9.94. The first-order valence-electron chi connectivity index (χ1n) is 13.2. The Bertz CT molecular complexity index is 1110. The summed E-state index contributed by atoms with van der Waals surface area (Å²) in [7, 11) is -2.91.